The number of amides is 1. The highest BCUT2D eigenvalue weighted by atomic mass is 19.1. The van der Waals surface area contributed by atoms with Crippen molar-refractivity contribution in [2.24, 2.45) is 5.92 Å². The highest BCUT2D eigenvalue weighted by Gasteiger charge is 2.34. The Morgan fingerprint density at radius 2 is 1.84 bits per heavy atom. The van der Waals surface area contributed by atoms with Gasteiger partial charge in [-0.2, -0.15) is 0 Å². The fourth-order valence-corrected chi connectivity index (χ4v) is 3.03. The van der Waals surface area contributed by atoms with Gasteiger partial charge in [0.2, 0.25) is 5.91 Å². The van der Waals surface area contributed by atoms with Crippen molar-refractivity contribution in [3.8, 4) is 5.75 Å². The second-order valence-electron chi connectivity index (χ2n) is 6.61. The summed E-state index contributed by atoms with van der Waals surface area (Å²) in [5.41, 5.74) is 1.12. The summed E-state index contributed by atoms with van der Waals surface area (Å²) in [6, 6.07) is 16.5. The van der Waals surface area contributed by atoms with Gasteiger partial charge in [-0.3, -0.25) is 4.79 Å². The molecule has 1 unspecified atom stereocenters. The van der Waals surface area contributed by atoms with Crippen LogP contribution in [0.4, 0.5) is 4.39 Å². The Morgan fingerprint density at radius 1 is 1.16 bits per heavy atom. The molecule has 1 saturated carbocycles. The summed E-state index contributed by atoms with van der Waals surface area (Å²) >= 11 is 0. The summed E-state index contributed by atoms with van der Waals surface area (Å²) in [7, 11) is 0. The van der Waals surface area contributed by atoms with E-state index in [1.807, 2.05) is 35.2 Å². The van der Waals surface area contributed by atoms with Gasteiger partial charge in [-0.15, -0.1) is 0 Å². The van der Waals surface area contributed by atoms with Crippen LogP contribution in [0.3, 0.4) is 0 Å². The van der Waals surface area contributed by atoms with Crippen molar-refractivity contribution in [1.29, 1.82) is 0 Å². The topological polar surface area (TPSA) is 29.5 Å². The van der Waals surface area contributed by atoms with E-state index in [4.69, 9.17) is 4.74 Å². The Kier molecular flexibility index (Phi) is 5.69. The number of hydrogen-bond acceptors (Lipinski definition) is 2. The molecule has 0 heterocycles. The van der Waals surface area contributed by atoms with Crippen molar-refractivity contribution in [1.82, 2.24) is 4.90 Å². The lowest BCUT2D eigenvalue weighted by molar-refractivity contribution is -0.134. The molecular weight excluding hydrogens is 317 g/mol. The summed E-state index contributed by atoms with van der Waals surface area (Å²) < 4.78 is 19.0. The summed E-state index contributed by atoms with van der Waals surface area (Å²) in [5.74, 6) is 0.447. The molecule has 3 nitrogen and oxygen atoms in total. The fraction of sp³-hybridized carbons (Fsp3) is 0.381. The third-order valence-electron chi connectivity index (χ3n) is 4.72. The maximum atomic E-state index is 13.6. The molecule has 1 atom stereocenters. The number of halogens is 1. The van der Waals surface area contributed by atoms with Gasteiger partial charge in [0, 0.05) is 12.6 Å². The first-order valence-electron chi connectivity index (χ1n) is 8.86. The third-order valence-corrected chi connectivity index (χ3v) is 4.72. The van der Waals surface area contributed by atoms with Crippen LogP contribution >= 0.6 is 0 Å². The fourth-order valence-electron chi connectivity index (χ4n) is 3.03. The summed E-state index contributed by atoms with van der Waals surface area (Å²) in [5, 5.41) is 0. The van der Waals surface area contributed by atoms with E-state index >= 15 is 0 Å². The number of benzene rings is 2. The monoisotopic (exact) mass is 341 g/mol. The molecule has 0 saturated heterocycles. The Bertz CT molecular complexity index is 700. The van der Waals surface area contributed by atoms with E-state index in [0.717, 1.165) is 5.56 Å². The van der Waals surface area contributed by atoms with Crippen LogP contribution in [-0.4, -0.2) is 23.5 Å². The van der Waals surface area contributed by atoms with E-state index in [1.54, 1.807) is 18.2 Å². The highest BCUT2D eigenvalue weighted by molar-refractivity contribution is 5.76. The van der Waals surface area contributed by atoms with E-state index in [-0.39, 0.29) is 30.7 Å². The molecule has 0 N–H and O–H groups in total. The van der Waals surface area contributed by atoms with Gasteiger partial charge < -0.3 is 9.64 Å². The van der Waals surface area contributed by atoms with Gasteiger partial charge in [0.05, 0.1) is 13.0 Å². The van der Waals surface area contributed by atoms with Crippen LogP contribution in [0.2, 0.25) is 0 Å². The number of carbonyl (C=O) groups is 1. The number of carbonyl (C=O) groups excluding carboxylic acids is 1. The van der Waals surface area contributed by atoms with Gasteiger partial charge >= 0.3 is 0 Å². The maximum absolute atomic E-state index is 13.6. The van der Waals surface area contributed by atoms with Crippen LogP contribution < -0.4 is 4.74 Å². The Morgan fingerprint density at radius 3 is 2.52 bits per heavy atom. The van der Waals surface area contributed by atoms with E-state index in [0.29, 0.717) is 12.5 Å². The third kappa shape index (κ3) is 4.81. The van der Waals surface area contributed by atoms with E-state index in [9.17, 15) is 9.18 Å². The molecule has 1 aliphatic carbocycles. The molecule has 2 aromatic rings. The van der Waals surface area contributed by atoms with Crippen LogP contribution in [0.1, 0.15) is 31.7 Å². The molecule has 132 valence electrons. The van der Waals surface area contributed by atoms with Crippen molar-refractivity contribution in [3.05, 3.63) is 66.0 Å². The molecule has 1 amide bonds. The zero-order valence-corrected chi connectivity index (χ0v) is 14.5. The first kappa shape index (κ1) is 17.5. The predicted molar refractivity (Wildman–Crippen MR) is 95.7 cm³/mol. The zero-order chi connectivity index (χ0) is 17.6. The van der Waals surface area contributed by atoms with Crippen molar-refractivity contribution >= 4 is 5.91 Å². The summed E-state index contributed by atoms with van der Waals surface area (Å²) in [6.45, 7) is 2.91. The Labute approximate surface area is 148 Å². The van der Waals surface area contributed by atoms with Crippen molar-refractivity contribution < 1.29 is 13.9 Å². The lowest BCUT2D eigenvalue weighted by Gasteiger charge is -2.30. The number of para-hydroxylation sites is 1. The minimum Gasteiger partial charge on any atom is -0.490 e. The minimum atomic E-state index is -0.401. The van der Waals surface area contributed by atoms with Gasteiger partial charge in [-0.25, -0.2) is 4.39 Å². The van der Waals surface area contributed by atoms with E-state index < -0.39 is 5.82 Å². The first-order valence-corrected chi connectivity index (χ1v) is 8.86. The lowest BCUT2D eigenvalue weighted by Crippen LogP contribution is -2.40. The molecule has 1 fully saturated rings. The van der Waals surface area contributed by atoms with Crippen LogP contribution in [0.25, 0.3) is 0 Å². The molecule has 1 aliphatic rings. The first-order chi connectivity index (χ1) is 12.1. The lowest BCUT2D eigenvalue weighted by atomic mass is 10.1. The van der Waals surface area contributed by atoms with Gasteiger partial charge in [-0.05, 0) is 43.4 Å². The van der Waals surface area contributed by atoms with Crippen LogP contribution in [0, 0.1) is 11.7 Å². The van der Waals surface area contributed by atoms with E-state index in [2.05, 4.69) is 6.92 Å². The van der Waals surface area contributed by atoms with Crippen LogP contribution in [0.5, 0.6) is 5.75 Å². The van der Waals surface area contributed by atoms with Crippen molar-refractivity contribution in [2.75, 3.05) is 6.61 Å². The van der Waals surface area contributed by atoms with Crippen molar-refractivity contribution in [2.45, 2.75) is 38.8 Å². The van der Waals surface area contributed by atoms with Gasteiger partial charge in [0.15, 0.2) is 11.6 Å². The standard InChI is InChI=1S/C21H24FNO2/c1-16(18-11-12-18)23(15-17-7-3-2-4-8-17)21(24)13-14-25-20-10-6-5-9-19(20)22/h2-10,16,18H,11-15H2,1H3. The highest BCUT2D eigenvalue weighted by Crippen LogP contribution is 2.36. The van der Waals surface area contributed by atoms with Crippen molar-refractivity contribution in [3.63, 3.8) is 0 Å². The molecule has 0 aromatic heterocycles. The van der Waals surface area contributed by atoms with Gasteiger partial charge in [-0.1, -0.05) is 42.5 Å². The molecule has 3 rings (SSSR count). The SMILES string of the molecule is CC(C1CC1)N(Cc1ccccc1)C(=O)CCOc1ccccc1F. The predicted octanol–water partition coefficient (Wildman–Crippen LogP) is 4.42. The molecule has 0 aliphatic heterocycles. The van der Waals surface area contributed by atoms with Gasteiger partial charge in [0.1, 0.15) is 0 Å². The minimum absolute atomic E-state index is 0.0552. The molecular formula is C21H24FNO2. The summed E-state index contributed by atoms with van der Waals surface area (Å²) in [4.78, 5) is 14.7. The number of nitrogens with zero attached hydrogens (tertiary/aromatic N) is 1. The van der Waals surface area contributed by atoms with Crippen LogP contribution in [-0.2, 0) is 11.3 Å². The average Bonchev–Trinajstić information content (AvgIpc) is 3.47. The van der Waals surface area contributed by atoms with E-state index in [1.165, 1.54) is 18.9 Å². The number of hydrogen-bond donors (Lipinski definition) is 0. The summed E-state index contributed by atoms with van der Waals surface area (Å²) in [6.07, 6.45) is 2.62. The normalized spacial score (nSPS) is 14.8. The van der Waals surface area contributed by atoms with Gasteiger partial charge in [0.25, 0.3) is 0 Å². The quantitative estimate of drug-likeness (QED) is 0.711. The largest absolute Gasteiger partial charge is 0.490 e. The molecule has 0 spiro atoms. The smallest absolute Gasteiger partial charge is 0.226 e. The zero-order valence-electron chi connectivity index (χ0n) is 14.5. The Balaban J connectivity index is 1.59. The molecule has 0 radical (unpaired) electrons. The van der Waals surface area contributed by atoms with Crippen LogP contribution in [0.15, 0.2) is 54.6 Å². The second kappa shape index (κ2) is 8.15. The molecule has 25 heavy (non-hydrogen) atoms. The average molecular weight is 341 g/mol. The second-order valence-corrected chi connectivity index (χ2v) is 6.61. The Hall–Kier alpha value is -2.36. The molecule has 0 bridgehead atoms. The maximum Gasteiger partial charge on any atom is 0.226 e. The number of rotatable bonds is 8. The number of ether oxygens (including phenoxy) is 1. The molecule has 2 aromatic carbocycles. The molecule has 4 heteroatoms.